The number of nitrogens with zero attached hydrogens (tertiary/aromatic N) is 1. The largest absolute Gasteiger partial charge is 0.494 e. The van der Waals surface area contributed by atoms with Crippen LogP contribution in [0.5, 0.6) is 5.75 Å². The van der Waals surface area contributed by atoms with E-state index in [0.717, 1.165) is 17.3 Å². The minimum absolute atomic E-state index is 0.258. The summed E-state index contributed by atoms with van der Waals surface area (Å²) in [6.07, 6.45) is 12.3. The second-order valence-corrected chi connectivity index (χ2v) is 9.21. The van der Waals surface area contributed by atoms with Crippen molar-refractivity contribution in [1.82, 2.24) is 0 Å². The van der Waals surface area contributed by atoms with Crippen LogP contribution in [0.4, 0.5) is 5.69 Å². The van der Waals surface area contributed by atoms with Crippen LogP contribution < -0.4 is 9.16 Å². The number of hydrogen-bond donors (Lipinski definition) is 0. The molecule has 0 bridgehead atoms. The number of carbonyl (C=O) groups is 3. The van der Waals surface area contributed by atoms with Crippen LogP contribution in [-0.4, -0.2) is 31.4 Å². The number of halogens is 1. The Bertz CT molecular complexity index is 960. The monoisotopic (exact) mass is 515 g/mol. The molecular formula is C29H38ClNO5. The number of rotatable bonds is 17. The minimum Gasteiger partial charge on any atom is -0.494 e. The van der Waals surface area contributed by atoms with E-state index in [1.54, 1.807) is 42.5 Å². The lowest BCUT2D eigenvalue weighted by molar-refractivity contribution is -0.116. The lowest BCUT2D eigenvalue weighted by atomic mass is 10.1. The van der Waals surface area contributed by atoms with Gasteiger partial charge in [0.1, 0.15) is 5.75 Å². The van der Waals surface area contributed by atoms with E-state index in [1.807, 2.05) is 0 Å². The molecule has 1 amide bonds. The Morgan fingerprint density at radius 2 is 1.42 bits per heavy atom. The first-order valence-corrected chi connectivity index (χ1v) is 13.2. The summed E-state index contributed by atoms with van der Waals surface area (Å²) in [5.74, 6) is -0.783. The number of ketones is 1. The van der Waals surface area contributed by atoms with E-state index in [-0.39, 0.29) is 17.0 Å². The smallest absolute Gasteiger partial charge is 0.337 e. The van der Waals surface area contributed by atoms with Gasteiger partial charge in [0.15, 0.2) is 5.78 Å². The first-order valence-electron chi connectivity index (χ1n) is 12.9. The maximum absolute atomic E-state index is 12.6. The quantitative estimate of drug-likeness (QED) is 0.0715. The summed E-state index contributed by atoms with van der Waals surface area (Å²) in [6.45, 7) is 2.89. The maximum Gasteiger partial charge on any atom is 0.337 e. The van der Waals surface area contributed by atoms with E-state index in [0.29, 0.717) is 17.9 Å². The molecule has 2 aromatic carbocycles. The number of Topliss-reactive ketones (excluding diaryl/α,β-unsaturated/α-hetero) is 1. The van der Waals surface area contributed by atoms with E-state index >= 15 is 0 Å². The van der Waals surface area contributed by atoms with Gasteiger partial charge in [-0.2, -0.15) is 0 Å². The van der Waals surface area contributed by atoms with Gasteiger partial charge in [0.25, 0.3) is 0 Å². The normalized spacial score (nSPS) is 10.6. The predicted molar refractivity (Wildman–Crippen MR) is 144 cm³/mol. The summed E-state index contributed by atoms with van der Waals surface area (Å²) < 4.78 is 11.3. The van der Waals surface area contributed by atoms with Gasteiger partial charge in [-0.1, -0.05) is 70.8 Å². The standard InChI is InChI=1S/C29H38ClNO5/c1-3-4-5-6-7-8-9-10-11-12-20-36-26-18-16-23(17-19-26)27(32)22-28(33)31(30)25-15-13-14-24(21-25)29(34)35-2/h13-19,21H,3-12,20,22H2,1-2H3. The highest BCUT2D eigenvalue weighted by atomic mass is 35.5. The zero-order chi connectivity index (χ0) is 26.2. The molecule has 196 valence electrons. The molecule has 7 heteroatoms. The molecule has 0 unspecified atom stereocenters. The third-order valence-corrected chi connectivity index (χ3v) is 6.35. The fraction of sp³-hybridized carbons (Fsp3) is 0.483. The fourth-order valence-electron chi connectivity index (χ4n) is 3.84. The molecule has 2 rings (SSSR count). The molecule has 0 aliphatic heterocycles. The Labute approximate surface area is 220 Å². The van der Waals surface area contributed by atoms with Crippen molar-refractivity contribution >= 4 is 35.1 Å². The van der Waals surface area contributed by atoms with Crippen molar-refractivity contribution in [1.29, 1.82) is 0 Å². The molecule has 0 atom stereocenters. The van der Waals surface area contributed by atoms with Gasteiger partial charge in [0.2, 0.25) is 5.91 Å². The number of benzene rings is 2. The average Bonchev–Trinajstić information content (AvgIpc) is 2.91. The SMILES string of the molecule is CCCCCCCCCCCCOc1ccc(C(=O)CC(=O)N(Cl)c2cccc(C(=O)OC)c2)cc1. The molecule has 0 fully saturated rings. The zero-order valence-corrected chi connectivity index (χ0v) is 22.2. The predicted octanol–water partition coefficient (Wildman–Crippen LogP) is 7.53. The van der Waals surface area contributed by atoms with Crippen molar-refractivity contribution in [2.75, 3.05) is 18.1 Å². The molecule has 36 heavy (non-hydrogen) atoms. The molecule has 0 aliphatic carbocycles. The second kappa shape index (κ2) is 16.7. The zero-order valence-electron chi connectivity index (χ0n) is 21.5. The van der Waals surface area contributed by atoms with Crippen molar-refractivity contribution in [2.24, 2.45) is 0 Å². The Morgan fingerprint density at radius 3 is 2.03 bits per heavy atom. The first-order chi connectivity index (χ1) is 17.5. The highest BCUT2D eigenvalue weighted by molar-refractivity contribution is 6.38. The average molecular weight is 516 g/mol. The summed E-state index contributed by atoms with van der Waals surface area (Å²) in [7, 11) is 1.27. The van der Waals surface area contributed by atoms with Gasteiger partial charge >= 0.3 is 5.97 Å². The summed E-state index contributed by atoms with van der Waals surface area (Å²) in [5.41, 5.74) is 0.948. The molecule has 0 saturated heterocycles. The van der Waals surface area contributed by atoms with Crippen molar-refractivity contribution in [3.05, 3.63) is 59.7 Å². The lowest BCUT2D eigenvalue weighted by Gasteiger charge is -2.14. The van der Waals surface area contributed by atoms with E-state index in [2.05, 4.69) is 11.7 Å². The molecule has 0 aromatic heterocycles. The topological polar surface area (TPSA) is 72.9 Å². The molecule has 0 saturated carbocycles. The Kier molecular flexibility index (Phi) is 13.7. The number of unbranched alkanes of at least 4 members (excludes halogenated alkanes) is 9. The third kappa shape index (κ3) is 10.4. The number of anilines is 1. The van der Waals surface area contributed by atoms with E-state index in [9.17, 15) is 14.4 Å². The number of esters is 1. The number of amides is 1. The Morgan fingerprint density at radius 1 is 0.806 bits per heavy atom. The van der Waals surface area contributed by atoms with Crippen LogP contribution in [0.25, 0.3) is 0 Å². The lowest BCUT2D eigenvalue weighted by Crippen LogP contribution is -2.23. The van der Waals surface area contributed by atoms with Crippen LogP contribution in [0.3, 0.4) is 0 Å². The number of hydrogen-bond acceptors (Lipinski definition) is 5. The maximum atomic E-state index is 12.6. The van der Waals surface area contributed by atoms with Gasteiger partial charge in [-0.3, -0.25) is 9.59 Å². The summed E-state index contributed by atoms with van der Waals surface area (Å²) in [5, 5.41) is 0. The molecule has 0 radical (unpaired) electrons. The van der Waals surface area contributed by atoms with E-state index < -0.39 is 18.3 Å². The number of ether oxygens (including phenoxy) is 2. The molecule has 6 nitrogen and oxygen atoms in total. The van der Waals surface area contributed by atoms with Crippen LogP contribution >= 0.6 is 11.8 Å². The fourth-order valence-corrected chi connectivity index (χ4v) is 4.01. The van der Waals surface area contributed by atoms with Crippen LogP contribution in [0.15, 0.2) is 48.5 Å². The number of carbonyl (C=O) groups excluding carboxylic acids is 3. The molecule has 0 spiro atoms. The van der Waals surface area contributed by atoms with Crippen LogP contribution in [-0.2, 0) is 9.53 Å². The van der Waals surface area contributed by atoms with Crippen LogP contribution in [0, 0.1) is 0 Å². The van der Waals surface area contributed by atoms with E-state index in [1.165, 1.54) is 64.5 Å². The van der Waals surface area contributed by atoms with Crippen LogP contribution in [0.2, 0.25) is 0 Å². The minimum atomic E-state index is -0.593. The van der Waals surface area contributed by atoms with E-state index in [4.69, 9.17) is 16.5 Å². The second-order valence-electron chi connectivity index (χ2n) is 8.87. The van der Waals surface area contributed by atoms with Crippen LogP contribution in [0.1, 0.15) is 98.3 Å². The van der Waals surface area contributed by atoms with Crippen molar-refractivity contribution in [3.8, 4) is 5.75 Å². The van der Waals surface area contributed by atoms with Gasteiger partial charge in [0.05, 0.1) is 31.4 Å². The van der Waals surface area contributed by atoms with Gasteiger partial charge in [-0.05, 0) is 48.9 Å². The summed E-state index contributed by atoms with van der Waals surface area (Å²) in [4.78, 5) is 36.8. The van der Waals surface area contributed by atoms with Gasteiger partial charge in [0, 0.05) is 17.3 Å². The highest BCUT2D eigenvalue weighted by Crippen LogP contribution is 2.21. The molecule has 0 aliphatic rings. The third-order valence-electron chi connectivity index (χ3n) is 5.97. The highest BCUT2D eigenvalue weighted by Gasteiger charge is 2.20. The van der Waals surface area contributed by atoms with Crippen molar-refractivity contribution in [3.63, 3.8) is 0 Å². The number of methoxy groups -OCH3 is 1. The van der Waals surface area contributed by atoms with Crippen molar-refractivity contribution < 1.29 is 23.9 Å². The molecule has 0 heterocycles. The Balaban J connectivity index is 1.70. The van der Waals surface area contributed by atoms with Gasteiger partial charge in [-0.15, -0.1) is 0 Å². The molecule has 2 aromatic rings. The summed E-state index contributed by atoms with van der Waals surface area (Å²) >= 11 is 6.13. The van der Waals surface area contributed by atoms with Crippen molar-refractivity contribution in [2.45, 2.75) is 77.6 Å². The summed E-state index contributed by atoms with van der Waals surface area (Å²) in [6, 6.07) is 12.9. The Hall–Kier alpha value is -2.86. The van der Waals surface area contributed by atoms with Gasteiger partial charge < -0.3 is 9.47 Å². The molecular weight excluding hydrogens is 478 g/mol. The first kappa shape index (κ1) is 29.4. The molecule has 0 N–H and O–H groups in total. The van der Waals surface area contributed by atoms with Gasteiger partial charge in [-0.25, -0.2) is 9.21 Å².